The first kappa shape index (κ1) is 14.8. The zero-order chi connectivity index (χ0) is 15.4. The van der Waals surface area contributed by atoms with Crippen molar-refractivity contribution in [1.82, 2.24) is 0 Å². The van der Waals surface area contributed by atoms with Gasteiger partial charge in [0, 0.05) is 6.04 Å². The van der Waals surface area contributed by atoms with E-state index in [1.165, 1.54) is 25.3 Å². The molecule has 2 aromatic rings. The van der Waals surface area contributed by atoms with E-state index in [9.17, 15) is 8.78 Å². The van der Waals surface area contributed by atoms with Crippen LogP contribution in [0.2, 0.25) is 0 Å². The number of ether oxygens (including phenoxy) is 1. The Labute approximate surface area is 121 Å². The molecule has 0 aliphatic carbocycles. The van der Waals surface area contributed by atoms with Crippen LogP contribution in [-0.4, -0.2) is 7.11 Å². The van der Waals surface area contributed by atoms with Gasteiger partial charge in [-0.3, -0.25) is 0 Å². The molecule has 0 amide bonds. The van der Waals surface area contributed by atoms with Crippen molar-refractivity contribution in [1.29, 1.82) is 5.26 Å². The number of nitriles is 1. The van der Waals surface area contributed by atoms with Gasteiger partial charge in [-0.15, -0.1) is 0 Å². The van der Waals surface area contributed by atoms with Crippen molar-refractivity contribution in [2.75, 3.05) is 12.4 Å². The Bertz CT molecular complexity index is 695. The van der Waals surface area contributed by atoms with Gasteiger partial charge in [-0.1, -0.05) is 12.1 Å². The third kappa shape index (κ3) is 3.11. The maximum atomic E-state index is 13.5. The molecule has 0 aliphatic heterocycles. The number of anilines is 1. The average Bonchev–Trinajstić information content (AvgIpc) is 2.48. The van der Waals surface area contributed by atoms with Crippen molar-refractivity contribution >= 4 is 5.69 Å². The van der Waals surface area contributed by atoms with Crippen molar-refractivity contribution in [3.05, 3.63) is 59.2 Å². The van der Waals surface area contributed by atoms with Crippen LogP contribution in [0.1, 0.15) is 24.1 Å². The van der Waals surface area contributed by atoms with Crippen LogP contribution in [0.4, 0.5) is 14.5 Å². The Balaban J connectivity index is 2.28. The summed E-state index contributed by atoms with van der Waals surface area (Å²) in [6, 6.07) is 10.5. The Morgan fingerprint density at radius 1 is 1.19 bits per heavy atom. The van der Waals surface area contributed by atoms with Gasteiger partial charge in [0.15, 0.2) is 11.6 Å². The zero-order valence-corrected chi connectivity index (χ0v) is 11.7. The van der Waals surface area contributed by atoms with E-state index in [0.29, 0.717) is 5.69 Å². The summed E-state index contributed by atoms with van der Waals surface area (Å²) in [5.41, 5.74) is 1.12. The molecule has 0 bridgehead atoms. The van der Waals surface area contributed by atoms with Gasteiger partial charge in [0.05, 0.1) is 12.8 Å². The summed E-state index contributed by atoms with van der Waals surface area (Å²) in [4.78, 5) is 0. The molecule has 0 radical (unpaired) electrons. The number of nitrogens with zero attached hydrogens (tertiary/aromatic N) is 1. The molecular formula is C16H14F2N2O. The molecule has 1 atom stereocenters. The van der Waals surface area contributed by atoms with E-state index in [4.69, 9.17) is 10.00 Å². The van der Waals surface area contributed by atoms with Gasteiger partial charge in [-0.2, -0.15) is 5.26 Å². The molecule has 2 rings (SSSR count). The molecule has 0 saturated heterocycles. The fraction of sp³-hybridized carbons (Fsp3) is 0.188. The maximum Gasteiger partial charge on any atom is 0.165 e. The van der Waals surface area contributed by atoms with Crippen molar-refractivity contribution in [2.45, 2.75) is 13.0 Å². The molecule has 5 heteroatoms. The highest BCUT2D eigenvalue weighted by Gasteiger charge is 2.13. The second-order valence-electron chi connectivity index (χ2n) is 4.53. The molecule has 1 unspecified atom stereocenters. The summed E-state index contributed by atoms with van der Waals surface area (Å²) in [6.45, 7) is 1.83. The lowest BCUT2D eigenvalue weighted by molar-refractivity contribution is 0.385. The first-order chi connectivity index (χ1) is 10.1. The van der Waals surface area contributed by atoms with Gasteiger partial charge in [0.2, 0.25) is 0 Å². The lowest BCUT2D eigenvalue weighted by Crippen LogP contribution is -2.09. The van der Waals surface area contributed by atoms with E-state index >= 15 is 0 Å². The topological polar surface area (TPSA) is 45.0 Å². The molecule has 3 nitrogen and oxygen atoms in total. The van der Waals surface area contributed by atoms with Crippen molar-refractivity contribution in [2.24, 2.45) is 0 Å². The Hall–Kier alpha value is -2.61. The van der Waals surface area contributed by atoms with Crippen LogP contribution in [0.5, 0.6) is 5.75 Å². The van der Waals surface area contributed by atoms with Gasteiger partial charge < -0.3 is 10.1 Å². The number of hydrogen-bond acceptors (Lipinski definition) is 3. The number of halogens is 2. The summed E-state index contributed by atoms with van der Waals surface area (Å²) < 4.78 is 31.9. The van der Waals surface area contributed by atoms with Gasteiger partial charge in [-0.05, 0) is 36.8 Å². The van der Waals surface area contributed by atoms with E-state index in [0.717, 1.165) is 5.56 Å². The Kier molecular flexibility index (Phi) is 4.39. The highest BCUT2D eigenvalue weighted by molar-refractivity contribution is 5.59. The smallest absolute Gasteiger partial charge is 0.165 e. The molecule has 21 heavy (non-hydrogen) atoms. The minimum absolute atomic E-state index is 0.0431. The molecule has 1 N–H and O–H groups in total. The van der Waals surface area contributed by atoms with Crippen LogP contribution in [-0.2, 0) is 0 Å². The summed E-state index contributed by atoms with van der Waals surface area (Å²) in [6.07, 6.45) is 0. The SMILES string of the molecule is COc1cc(C(C)Nc2cccc(F)c2C#N)ccc1F. The molecule has 0 saturated carbocycles. The van der Waals surface area contributed by atoms with Crippen LogP contribution in [0.15, 0.2) is 36.4 Å². The van der Waals surface area contributed by atoms with E-state index in [-0.39, 0.29) is 17.4 Å². The van der Waals surface area contributed by atoms with Gasteiger partial charge in [-0.25, -0.2) is 8.78 Å². The summed E-state index contributed by atoms with van der Waals surface area (Å²) in [7, 11) is 1.39. The second kappa shape index (κ2) is 6.23. The first-order valence-corrected chi connectivity index (χ1v) is 6.35. The molecular weight excluding hydrogens is 274 g/mol. The minimum Gasteiger partial charge on any atom is -0.494 e. The Morgan fingerprint density at radius 3 is 2.62 bits per heavy atom. The fourth-order valence-electron chi connectivity index (χ4n) is 2.02. The molecule has 2 aromatic carbocycles. The van der Waals surface area contributed by atoms with Gasteiger partial charge >= 0.3 is 0 Å². The molecule has 0 fully saturated rings. The van der Waals surface area contributed by atoms with Gasteiger partial charge in [0.25, 0.3) is 0 Å². The van der Waals surface area contributed by atoms with E-state index in [1.807, 2.05) is 13.0 Å². The highest BCUT2D eigenvalue weighted by Crippen LogP contribution is 2.27. The van der Waals surface area contributed by atoms with Crippen LogP contribution in [0.3, 0.4) is 0 Å². The Morgan fingerprint density at radius 2 is 1.95 bits per heavy atom. The highest BCUT2D eigenvalue weighted by atomic mass is 19.1. The largest absolute Gasteiger partial charge is 0.494 e. The van der Waals surface area contributed by atoms with E-state index < -0.39 is 11.6 Å². The van der Waals surface area contributed by atoms with Crippen LogP contribution in [0, 0.1) is 23.0 Å². The van der Waals surface area contributed by atoms with E-state index in [1.54, 1.807) is 18.2 Å². The number of hydrogen-bond donors (Lipinski definition) is 1. The summed E-state index contributed by atoms with van der Waals surface area (Å²) >= 11 is 0. The predicted molar refractivity (Wildman–Crippen MR) is 76.1 cm³/mol. The van der Waals surface area contributed by atoms with Gasteiger partial charge in [0.1, 0.15) is 17.4 Å². The van der Waals surface area contributed by atoms with Crippen molar-refractivity contribution < 1.29 is 13.5 Å². The third-order valence-corrected chi connectivity index (χ3v) is 3.17. The maximum absolute atomic E-state index is 13.5. The van der Waals surface area contributed by atoms with Crippen LogP contribution >= 0.6 is 0 Å². The lowest BCUT2D eigenvalue weighted by atomic mass is 10.1. The van der Waals surface area contributed by atoms with E-state index in [2.05, 4.69) is 5.32 Å². The number of nitrogens with one attached hydrogen (secondary N) is 1. The average molecular weight is 288 g/mol. The lowest BCUT2D eigenvalue weighted by Gasteiger charge is -2.17. The summed E-state index contributed by atoms with van der Waals surface area (Å²) in [5.74, 6) is -0.885. The second-order valence-corrected chi connectivity index (χ2v) is 4.53. The molecule has 108 valence electrons. The van der Waals surface area contributed by atoms with Crippen LogP contribution in [0.25, 0.3) is 0 Å². The quantitative estimate of drug-likeness (QED) is 0.924. The van der Waals surface area contributed by atoms with Crippen molar-refractivity contribution in [3.8, 4) is 11.8 Å². The van der Waals surface area contributed by atoms with Crippen LogP contribution < -0.4 is 10.1 Å². The molecule has 0 aromatic heterocycles. The third-order valence-electron chi connectivity index (χ3n) is 3.17. The molecule has 0 heterocycles. The van der Waals surface area contributed by atoms with Crippen molar-refractivity contribution in [3.63, 3.8) is 0 Å². The monoisotopic (exact) mass is 288 g/mol. The number of methoxy groups -OCH3 is 1. The molecule has 0 aliphatic rings. The zero-order valence-electron chi connectivity index (χ0n) is 11.7. The molecule has 0 spiro atoms. The minimum atomic E-state index is -0.577. The standard InChI is InChI=1S/C16H14F2N2O/c1-10(11-6-7-14(18)16(8-11)21-2)20-15-5-3-4-13(17)12(15)9-19/h3-8,10,20H,1-2H3. The summed E-state index contributed by atoms with van der Waals surface area (Å²) in [5, 5.41) is 12.1. The normalized spacial score (nSPS) is 11.6. The predicted octanol–water partition coefficient (Wildman–Crippen LogP) is 4.02. The number of rotatable bonds is 4. The fourth-order valence-corrected chi connectivity index (χ4v) is 2.02. The number of benzene rings is 2. The first-order valence-electron chi connectivity index (χ1n) is 6.35.